The first-order chi connectivity index (χ1) is 8.58. The lowest BCUT2D eigenvalue weighted by molar-refractivity contribution is 0.896. The highest BCUT2D eigenvalue weighted by atomic mass is 79.9. The molecule has 0 aliphatic carbocycles. The lowest BCUT2D eigenvalue weighted by Gasteiger charge is -2.20. The number of nitrogens with two attached hydrogens (primary N) is 1. The van der Waals surface area contributed by atoms with E-state index < -0.39 is 0 Å². The standard InChI is InChI=1S/C13H13BrClN3/c1-18(8-9-4-2-3-5-10(9)14)13-11(16)6-7-12(15)17-13/h2-7H,8,16H2,1H3. The fraction of sp³-hybridized carbons (Fsp3) is 0.154. The normalized spacial score (nSPS) is 10.4. The van der Waals surface area contributed by atoms with Crippen LogP contribution in [0.3, 0.4) is 0 Å². The zero-order valence-electron chi connectivity index (χ0n) is 9.90. The van der Waals surface area contributed by atoms with E-state index in [2.05, 4.69) is 27.0 Å². The van der Waals surface area contributed by atoms with E-state index in [4.69, 9.17) is 17.3 Å². The van der Waals surface area contributed by atoms with Gasteiger partial charge in [0.2, 0.25) is 0 Å². The summed E-state index contributed by atoms with van der Waals surface area (Å²) in [5.74, 6) is 0.693. The summed E-state index contributed by atoms with van der Waals surface area (Å²) in [4.78, 5) is 6.22. The van der Waals surface area contributed by atoms with Gasteiger partial charge in [0.25, 0.3) is 0 Å². The summed E-state index contributed by atoms with van der Waals surface area (Å²) in [6.07, 6.45) is 0. The molecule has 0 bridgehead atoms. The number of halogens is 2. The molecular formula is C13H13BrClN3. The largest absolute Gasteiger partial charge is 0.396 e. The minimum Gasteiger partial charge on any atom is -0.396 e. The van der Waals surface area contributed by atoms with Crippen molar-refractivity contribution in [3.05, 3.63) is 51.6 Å². The van der Waals surface area contributed by atoms with Crippen molar-refractivity contribution in [3.8, 4) is 0 Å². The van der Waals surface area contributed by atoms with E-state index in [1.807, 2.05) is 30.1 Å². The smallest absolute Gasteiger partial charge is 0.153 e. The van der Waals surface area contributed by atoms with Crippen LogP contribution in [0.15, 0.2) is 40.9 Å². The Balaban J connectivity index is 2.25. The van der Waals surface area contributed by atoms with Crippen LogP contribution in [-0.4, -0.2) is 12.0 Å². The summed E-state index contributed by atoms with van der Waals surface area (Å²) in [6.45, 7) is 0.707. The molecule has 2 N–H and O–H groups in total. The molecule has 0 radical (unpaired) electrons. The maximum Gasteiger partial charge on any atom is 0.153 e. The first kappa shape index (κ1) is 13.2. The molecule has 0 fully saturated rings. The molecule has 0 saturated heterocycles. The first-order valence-electron chi connectivity index (χ1n) is 5.44. The predicted octanol–water partition coefficient (Wildman–Crippen LogP) is 3.72. The molecule has 0 aliphatic heterocycles. The number of hydrogen-bond donors (Lipinski definition) is 1. The zero-order chi connectivity index (χ0) is 13.1. The molecule has 0 aliphatic rings. The molecule has 1 aromatic heterocycles. The van der Waals surface area contributed by atoms with Crippen LogP contribution in [0.25, 0.3) is 0 Å². The predicted molar refractivity (Wildman–Crippen MR) is 79.9 cm³/mol. The Hall–Kier alpha value is -1.26. The number of rotatable bonds is 3. The number of nitrogen functional groups attached to an aromatic ring is 1. The van der Waals surface area contributed by atoms with Gasteiger partial charge in [-0.05, 0) is 23.8 Å². The maximum atomic E-state index is 5.91. The number of anilines is 2. The van der Waals surface area contributed by atoms with Crippen molar-refractivity contribution in [2.24, 2.45) is 0 Å². The highest BCUT2D eigenvalue weighted by Crippen LogP contribution is 2.25. The van der Waals surface area contributed by atoms with Crippen LogP contribution >= 0.6 is 27.5 Å². The first-order valence-corrected chi connectivity index (χ1v) is 6.61. The van der Waals surface area contributed by atoms with Crippen LogP contribution in [-0.2, 0) is 6.54 Å². The quantitative estimate of drug-likeness (QED) is 0.874. The van der Waals surface area contributed by atoms with E-state index in [1.54, 1.807) is 12.1 Å². The van der Waals surface area contributed by atoms with Gasteiger partial charge in [-0.2, -0.15) is 0 Å². The number of pyridine rings is 1. The van der Waals surface area contributed by atoms with Gasteiger partial charge in [-0.15, -0.1) is 0 Å². The number of hydrogen-bond acceptors (Lipinski definition) is 3. The van der Waals surface area contributed by atoms with E-state index in [0.717, 1.165) is 4.47 Å². The Bertz CT molecular complexity index is 560. The van der Waals surface area contributed by atoms with Gasteiger partial charge >= 0.3 is 0 Å². The topological polar surface area (TPSA) is 42.2 Å². The number of nitrogens with zero attached hydrogens (tertiary/aromatic N) is 2. The van der Waals surface area contributed by atoms with Crippen molar-refractivity contribution in [1.82, 2.24) is 4.98 Å². The minimum atomic E-state index is 0.443. The third kappa shape index (κ3) is 2.94. The fourth-order valence-corrected chi connectivity index (χ4v) is 2.25. The molecule has 18 heavy (non-hydrogen) atoms. The van der Waals surface area contributed by atoms with Crippen LogP contribution in [0.5, 0.6) is 0 Å². The Labute approximate surface area is 120 Å². The monoisotopic (exact) mass is 325 g/mol. The molecule has 0 spiro atoms. The van der Waals surface area contributed by atoms with Crippen molar-refractivity contribution >= 4 is 39.0 Å². The maximum absolute atomic E-state index is 5.91. The van der Waals surface area contributed by atoms with Gasteiger partial charge in [0.1, 0.15) is 5.15 Å². The lowest BCUT2D eigenvalue weighted by Crippen LogP contribution is -2.19. The molecule has 0 atom stereocenters. The fourth-order valence-electron chi connectivity index (χ4n) is 1.70. The van der Waals surface area contributed by atoms with Gasteiger partial charge in [-0.1, -0.05) is 45.7 Å². The van der Waals surface area contributed by atoms with Crippen molar-refractivity contribution in [2.75, 3.05) is 17.7 Å². The highest BCUT2D eigenvalue weighted by molar-refractivity contribution is 9.10. The van der Waals surface area contributed by atoms with Crippen LogP contribution in [0.1, 0.15) is 5.56 Å². The van der Waals surface area contributed by atoms with E-state index in [-0.39, 0.29) is 0 Å². The Morgan fingerprint density at radius 3 is 2.72 bits per heavy atom. The SMILES string of the molecule is CN(Cc1ccccc1Br)c1nc(Cl)ccc1N. The molecule has 2 rings (SSSR count). The second-order valence-electron chi connectivity index (χ2n) is 3.99. The molecule has 1 aromatic carbocycles. The van der Waals surface area contributed by atoms with Crippen molar-refractivity contribution in [1.29, 1.82) is 0 Å². The molecule has 0 saturated carbocycles. The molecule has 2 aromatic rings. The molecular weight excluding hydrogens is 314 g/mol. The van der Waals surface area contributed by atoms with Crippen LogP contribution in [0, 0.1) is 0 Å². The molecule has 3 nitrogen and oxygen atoms in total. The minimum absolute atomic E-state index is 0.443. The van der Waals surface area contributed by atoms with E-state index in [9.17, 15) is 0 Å². The van der Waals surface area contributed by atoms with Crippen LogP contribution in [0.4, 0.5) is 11.5 Å². The van der Waals surface area contributed by atoms with Gasteiger partial charge in [-0.3, -0.25) is 0 Å². The third-order valence-electron chi connectivity index (χ3n) is 2.60. The Kier molecular flexibility index (Phi) is 4.09. The average molecular weight is 327 g/mol. The zero-order valence-corrected chi connectivity index (χ0v) is 12.2. The molecule has 0 amide bonds. The second-order valence-corrected chi connectivity index (χ2v) is 5.24. The summed E-state index contributed by atoms with van der Waals surface area (Å²) < 4.78 is 1.07. The lowest BCUT2D eigenvalue weighted by atomic mass is 10.2. The van der Waals surface area contributed by atoms with Gasteiger partial charge in [0, 0.05) is 18.1 Å². The summed E-state index contributed by atoms with van der Waals surface area (Å²) in [5.41, 5.74) is 7.69. The summed E-state index contributed by atoms with van der Waals surface area (Å²) in [7, 11) is 1.94. The summed E-state index contributed by atoms with van der Waals surface area (Å²) in [5, 5.41) is 0.443. The average Bonchev–Trinajstić information content (AvgIpc) is 2.35. The Morgan fingerprint density at radius 2 is 2.00 bits per heavy atom. The van der Waals surface area contributed by atoms with Gasteiger partial charge in [0.15, 0.2) is 5.82 Å². The van der Waals surface area contributed by atoms with E-state index >= 15 is 0 Å². The van der Waals surface area contributed by atoms with Gasteiger partial charge < -0.3 is 10.6 Å². The van der Waals surface area contributed by atoms with E-state index in [1.165, 1.54) is 5.56 Å². The molecule has 1 heterocycles. The van der Waals surface area contributed by atoms with Crippen molar-refractivity contribution in [3.63, 3.8) is 0 Å². The van der Waals surface area contributed by atoms with E-state index in [0.29, 0.717) is 23.2 Å². The number of benzene rings is 1. The second kappa shape index (κ2) is 5.59. The van der Waals surface area contributed by atoms with Crippen molar-refractivity contribution in [2.45, 2.75) is 6.54 Å². The van der Waals surface area contributed by atoms with Gasteiger partial charge in [0.05, 0.1) is 5.69 Å². The Morgan fingerprint density at radius 1 is 1.28 bits per heavy atom. The number of aromatic nitrogens is 1. The molecule has 94 valence electrons. The third-order valence-corrected chi connectivity index (χ3v) is 3.58. The highest BCUT2D eigenvalue weighted by Gasteiger charge is 2.09. The molecule has 0 unspecified atom stereocenters. The van der Waals surface area contributed by atoms with Crippen molar-refractivity contribution < 1.29 is 0 Å². The summed E-state index contributed by atoms with van der Waals surface area (Å²) >= 11 is 9.42. The van der Waals surface area contributed by atoms with Gasteiger partial charge in [-0.25, -0.2) is 4.98 Å². The summed E-state index contributed by atoms with van der Waals surface area (Å²) in [6, 6.07) is 11.5. The van der Waals surface area contributed by atoms with Crippen LogP contribution in [0.2, 0.25) is 5.15 Å². The molecule has 5 heteroatoms. The van der Waals surface area contributed by atoms with Crippen LogP contribution < -0.4 is 10.6 Å².